The van der Waals surface area contributed by atoms with Crippen LogP contribution in [0.15, 0.2) is 73.1 Å². The van der Waals surface area contributed by atoms with Crippen molar-refractivity contribution in [3.63, 3.8) is 0 Å². The summed E-state index contributed by atoms with van der Waals surface area (Å²) >= 11 is 12.1. The van der Waals surface area contributed by atoms with Gasteiger partial charge in [-0.2, -0.15) is 0 Å². The molecule has 1 N–H and O–H groups in total. The quantitative estimate of drug-likeness (QED) is 0.595. The highest BCUT2D eigenvalue weighted by atomic mass is 35.5. The number of aromatic nitrogens is 1. The molecule has 0 atom stereocenters. The fourth-order valence-electron chi connectivity index (χ4n) is 2.65. The zero-order valence-corrected chi connectivity index (χ0v) is 16.1. The summed E-state index contributed by atoms with van der Waals surface area (Å²) < 4.78 is 0. The maximum absolute atomic E-state index is 6.41. The number of anilines is 1. The number of aryl methyl sites for hydroxylation is 1. The molecule has 1 heterocycles. The Bertz CT molecular complexity index is 827. The molecule has 2 aromatic carbocycles. The van der Waals surface area contributed by atoms with Gasteiger partial charge in [0.15, 0.2) is 5.11 Å². The van der Waals surface area contributed by atoms with Gasteiger partial charge in [-0.05, 0) is 48.0 Å². The van der Waals surface area contributed by atoms with Crippen LogP contribution in [0.4, 0.5) is 5.69 Å². The number of benzene rings is 2. The predicted octanol–water partition coefficient (Wildman–Crippen LogP) is 5.44. The van der Waals surface area contributed by atoms with E-state index in [9.17, 15) is 0 Å². The van der Waals surface area contributed by atoms with Crippen LogP contribution in [0.5, 0.6) is 0 Å². The highest BCUT2D eigenvalue weighted by molar-refractivity contribution is 7.80. The Morgan fingerprint density at radius 3 is 2.46 bits per heavy atom. The number of hydrogen-bond acceptors (Lipinski definition) is 2. The van der Waals surface area contributed by atoms with Gasteiger partial charge in [-0.15, -0.1) is 0 Å². The average molecular weight is 382 g/mol. The molecule has 3 nitrogen and oxygen atoms in total. The van der Waals surface area contributed by atoms with E-state index in [1.807, 2.05) is 61.7 Å². The van der Waals surface area contributed by atoms with Crippen molar-refractivity contribution in [3.05, 3.63) is 94.8 Å². The summed E-state index contributed by atoms with van der Waals surface area (Å²) in [6, 6.07) is 20.1. The summed E-state index contributed by atoms with van der Waals surface area (Å²) in [6.45, 7) is 3.34. The third-order valence-corrected chi connectivity index (χ3v) is 4.90. The van der Waals surface area contributed by atoms with Crippen molar-refractivity contribution in [2.75, 3.05) is 5.32 Å². The Kier molecular flexibility index (Phi) is 6.21. The molecular formula is C21H20ClN3S. The van der Waals surface area contributed by atoms with Crippen molar-refractivity contribution in [1.82, 2.24) is 9.88 Å². The van der Waals surface area contributed by atoms with E-state index >= 15 is 0 Å². The molecule has 26 heavy (non-hydrogen) atoms. The van der Waals surface area contributed by atoms with Gasteiger partial charge in [0.05, 0.1) is 10.7 Å². The lowest BCUT2D eigenvalue weighted by molar-refractivity contribution is 0.412. The van der Waals surface area contributed by atoms with Gasteiger partial charge in [-0.1, -0.05) is 60.1 Å². The van der Waals surface area contributed by atoms with Gasteiger partial charge < -0.3 is 10.2 Å². The molecule has 5 heteroatoms. The first-order chi connectivity index (χ1) is 12.6. The topological polar surface area (TPSA) is 28.2 Å². The Morgan fingerprint density at radius 2 is 1.73 bits per heavy atom. The molecular weight excluding hydrogens is 362 g/mol. The molecule has 3 aromatic rings. The summed E-state index contributed by atoms with van der Waals surface area (Å²) in [5.41, 5.74) is 4.13. The smallest absolute Gasteiger partial charge is 0.174 e. The first kappa shape index (κ1) is 18.4. The highest BCUT2D eigenvalue weighted by Crippen LogP contribution is 2.25. The Balaban J connectivity index is 1.81. The molecule has 0 fully saturated rings. The molecule has 0 aliphatic heterocycles. The number of thiocarbonyl (C=S) groups is 1. The van der Waals surface area contributed by atoms with E-state index < -0.39 is 0 Å². The number of nitrogens with one attached hydrogen (secondary N) is 1. The van der Waals surface area contributed by atoms with E-state index in [2.05, 4.69) is 27.3 Å². The molecule has 0 spiro atoms. The number of halogens is 1. The average Bonchev–Trinajstić information content (AvgIpc) is 2.66. The van der Waals surface area contributed by atoms with Gasteiger partial charge >= 0.3 is 0 Å². The van der Waals surface area contributed by atoms with Crippen LogP contribution in [-0.2, 0) is 13.1 Å². The van der Waals surface area contributed by atoms with E-state index in [0.717, 1.165) is 16.8 Å². The van der Waals surface area contributed by atoms with Gasteiger partial charge in [0.2, 0.25) is 0 Å². The second kappa shape index (κ2) is 8.79. The van der Waals surface area contributed by atoms with Crippen molar-refractivity contribution in [2.24, 2.45) is 0 Å². The van der Waals surface area contributed by atoms with Crippen LogP contribution in [-0.4, -0.2) is 15.0 Å². The van der Waals surface area contributed by atoms with Crippen molar-refractivity contribution in [3.8, 4) is 0 Å². The predicted molar refractivity (Wildman–Crippen MR) is 112 cm³/mol. The molecule has 0 amide bonds. The third-order valence-electron chi connectivity index (χ3n) is 4.03. The standard InChI is InChI=1S/C21H20ClN3S/c1-16-7-5-11-19(20(16)22)24-21(26)25(14-17-8-3-2-4-9-17)15-18-10-6-12-23-13-18/h2-13H,14-15H2,1H3,(H,24,26). The number of nitrogens with zero attached hydrogens (tertiary/aromatic N) is 2. The molecule has 1 aromatic heterocycles. The lowest BCUT2D eigenvalue weighted by atomic mass is 10.2. The molecule has 0 aliphatic rings. The number of rotatable bonds is 5. The fourth-order valence-corrected chi connectivity index (χ4v) is 3.07. The van der Waals surface area contributed by atoms with Crippen LogP contribution in [0.1, 0.15) is 16.7 Å². The normalized spacial score (nSPS) is 10.4. The van der Waals surface area contributed by atoms with Crippen LogP contribution in [0.3, 0.4) is 0 Å². The largest absolute Gasteiger partial charge is 0.340 e. The molecule has 0 aliphatic carbocycles. The van der Waals surface area contributed by atoms with Gasteiger partial charge in [0.25, 0.3) is 0 Å². The Labute approximate surface area is 164 Å². The zero-order chi connectivity index (χ0) is 18.4. The second-order valence-electron chi connectivity index (χ2n) is 6.07. The van der Waals surface area contributed by atoms with Crippen molar-refractivity contribution in [1.29, 1.82) is 0 Å². The summed E-state index contributed by atoms with van der Waals surface area (Å²) in [4.78, 5) is 6.31. The molecule has 0 unspecified atom stereocenters. The van der Waals surface area contributed by atoms with Gasteiger partial charge in [0.1, 0.15) is 0 Å². The van der Waals surface area contributed by atoms with E-state index in [1.54, 1.807) is 6.20 Å². The van der Waals surface area contributed by atoms with Crippen LogP contribution in [0, 0.1) is 6.92 Å². The van der Waals surface area contributed by atoms with E-state index in [-0.39, 0.29) is 0 Å². The van der Waals surface area contributed by atoms with Crippen molar-refractivity contribution in [2.45, 2.75) is 20.0 Å². The second-order valence-corrected chi connectivity index (χ2v) is 6.83. The summed E-state index contributed by atoms with van der Waals surface area (Å²) in [7, 11) is 0. The summed E-state index contributed by atoms with van der Waals surface area (Å²) in [6.07, 6.45) is 3.63. The van der Waals surface area contributed by atoms with Gasteiger partial charge in [-0.25, -0.2) is 0 Å². The van der Waals surface area contributed by atoms with Crippen LogP contribution >= 0.6 is 23.8 Å². The Hall–Kier alpha value is -2.43. The lowest BCUT2D eigenvalue weighted by Gasteiger charge is -2.26. The van der Waals surface area contributed by atoms with Crippen molar-refractivity contribution >= 4 is 34.6 Å². The molecule has 0 radical (unpaired) electrons. The molecule has 3 rings (SSSR count). The fraction of sp³-hybridized carbons (Fsp3) is 0.143. The molecule has 132 valence electrons. The minimum atomic E-state index is 0.630. The minimum absolute atomic E-state index is 0.630. The van der Waals surface area contributed by atoms with Crippen LogP contribution < -0.4 is 5.32 Å². The Morgan fingerprint density at radius 1 is 1.00 bits per heavy atom. The highest BCUT2D eigenvalue weighted by Gasteiger charge is 2.13. The third kappa shape index (κ3) is 4.81. The monoisotopic (exact) mass is 381 g/mol. The van der Waals surface area contributed by atoms with Gasteiger partial charge in [-0.3, -0.25) is 4.98 Å². The maximum atomic E-state index is 6.41. The first-order valence-electron chi connectivity index (χ1n) is 8.37. The van der Waals surface area contributed by atoms with E-state index in [0.29, 0.717) is 23.2 Å². The van der Waals surface area contributed by atoms with Crippen LogP contribution in [0.25, 0.3) is 0 Å². The van der Waals surface area contributed by atoms with E-state index in [1.165, 1.54) is 5.56 Å². The minimum Gasteiger partial charge on any atom is -0.340 e. The molecule has 0 bridgehead atoms. The van der Waals surface area contributed by atoms with Crippen LogP contribution in [0.2, 0.25) is 5.02 Å². The summed E-state index contributed by atoms with van der Waals surface area (Å²) in [5, 5.41) is 4.62. The first-order valence-corrected chi connectivity index (χ1v) is 9.16. The SMILES string of the molecule is Cc1cccc(NC(=S)N(Cc2ccccc2)Cc2cccnc2)c1Cl. The zero-order valence-electron chi connectivity index (χ0n) is 14.5. The number of pyridine rings is 1. The lowest BCUT2D eigenvalue weighted by Crippen LogP contribution is -2.34. The van der Waals surface area contributed by atoms with Gasteiger partial charge in [0, 0.05) is 25.5 Å². The maximum Gasteiger partial charge on any atom is 0.174 e. The molecule has 0 saturated heterocycles. The molecule has 0 saturated carbocycles. The number of hydrogen-bond donors (Lipinski definition) is 1. The van der Waals surface area contributed by atoms with Crippen molar-refractivity contribution < 1.29 is 0 Å². The van der Waals surface area contributed by atoms with E-state index in [4.69, 9.17) is 23.8 Å². The summed E-state index contributed by atoms with van der Waals surface area (Å²) in [5.74, 6) is 0.